The molecule has 5 nitrogen and oxygen atoms in total. The van der Waals surface area contributed by atoms with Gasteiger partial charge in [-0.2, -0.15) is 5.26 Å². The molecule has 0 spiro atoms. The van der Waals surface area contributed by atoms with Gasteiger partial charge >= 0.3 is 0 Å². The van der Waals surface area contributed by atoms with Gasteiger partial charge in [0.1, 0.15) is 11.7 Å². The van der Waals surface area contributed by atoms with Crippen LogP contribution in [-0.2, 0) is 4.79 Å². The molecule has 2 unspecified atom stereocenters. The topological polar surface area (TPSA) is 87.2 Å². The monoisotopic (exact) mass is 433 g/mol. The number of para-hydroxylation sites is 1. The highest BCUT2D eigenvalue weighted by atomic mass is 35.5. The molecule has 0 radical (unpaired) electrons. The van der Waals surface area contributed by atoms with E-state index in [0.29, 0.717) is 21.2 Å². The molecule has 0 fully saturated rings. The quantitative estimate of drug-likeness (QED) is 0.476. The van der Waals surface area contributed by atoms with Crippen LogP contribution in [0.5, 0.6) is 0 Å². The molecule has 0 aliphatic carbocycles. The first-order chi connectivity index (χ1) is 14.5. The number of ketones is 1. The van der Waals surface area contributed by atoms with Crippen molar-refractivity contribution >= 4 is 40.3 Å². The molecular formula is C23H16ClN3O2S. The Labute approximate surface area is 182 Å². The van der Waals surface area contributed by atoms with Gasteiger partial charge in [-0.1, -0.05) is 48.0 Å². The van der Waals surface area contributed by atoms with Crippen molar-refractivity contribution in [2.75, 3.05) is 4.90 Å². The van der Waals surface area contributed by atoms with Gasteiger partial charge in [0.05, 0.1) is 22.2 Å². The van der Waals surface area contributed by atoms with Gasteiger partial charge < -0.3 is 5.73 Å². The first-order valence-electron chi connectivity index (χ1n) is 9.15. The van der Waals surface area contributed by atoms with Crippen LogP contribution < -0.4 is 10.6 Å². The zero-order valence-electron chi connectivity index (χ0n) is 15.7. The van der Waals surface area contributed by atoms with Crippen molar-refractivity contribution in [3.63, 3.8) is 0 Å². The van der Waals surface area contributed by atoms with Crippen LogP contribution in [0.2, 0.25) is 5.02 Å². The summed E-state index contributed by atoms with van der Waals surface area (Å²) in [4.78, 5) is 28.8. The van der Waals surface area contributed by atoms with E-state index in [9.17, 15) is 14.9 Å². The van der Waals surface area contributed by atoms with Crippen LogP contribution in [0.1, 0.15) is 21.2 Å². The number of carbonyl (C=O) groups excluding carboxylic acids is 2. The van der Waals surface area contributed by atoms with Crippen molar-refractivity contribution in [2.45, 2.75) is 5.92 Å². The lowest BCUT2D eigenvalue weighted by molar-refractivity contribution is -0.121. The van der Waals surface area contributed by atoms with Crippen LogP contribution >= 0.6 is 22.9 Å². The van der Waals surface area contributed by atoms with Gasteiger partial charge in [-0.05, 0) is 41.3 Å². The summed E-state index contributed by atoms with van der Waals surface area (Å²) in [7, 11) is 0. The molecule has 0 bridgehead atoms. The number of anilines is 1. The normalized spacial score (nSPS) is 18.9. The standard InChI is InChI=1S/C23H16ClN3O2S/c24-15-10-8-14(9-11-15)19-17(13-25)22(26)27(16-5-2-1-3-6-16)23(29)20(19)21(28)18-7-4-12-30-18/h1-12,19-20H,26H2. The molecule has 7 heteroatoms. The third-order valence-electron chi connectivity index (χ3n) is 5.06. The van der Waals surface area contributed by atoms with Crippen LogP contribution in [0.4, 0.5) is 5.69 Å². The summed E-state index contributed by atoms with van der Waals surface area (Å²) in [6.07, 6.45) is 0. The summed E-state index contributed by atoms with van der Waals surface area (Å²) in [6.45, 7) is 0. The highest BCUT2D eigenvalue weighted by molar-refractivity contribution is 7.12. The molecule has 2 heterocycles. The number of hydrogen-bond donors (Lipinski definition) is 1. The molecule has 148 valence electrons. The molecule has 1 amide bonds. The summed E-state index contributed by atoms with van der Waals surface area (Å²) < 4.78 is 0. The maximum absolute atomic E-state index is 13.6. The number of Topliss-reactive ketones (excluding diaryl/α,β-unsaturated/α-hetero) is 1. The largest absolute Gasteiger partial charge is 0.384 e. The number of benzene rings is 2. The first-order valence-corrected chi connectivity index (χ1v) is 10.4. The highest BCUT2D eigenvalue weighted by Gasteiger charge is 2.47. The highest BCUT2D eigenvalue weighted by Crippen LogP contribution is 2.42. The number of carbonyl (C=O) groups is 2. The Hall–Kier alpha value is -3.40. The fraction of sp³-hybridized carbons (Fsp3) is 0.0870. The maximum atomic E-state index is 13.6. The molecular weight excluding hydrogens is 418 g/mol. The third kappa shape index (κ3) is 3.39. The molecule has 1 aliphatic heterocycles. The van der Waals surface area contributed by atoms with Gasteiger partial charge in [0, 0.05) is 10.9 Å². The minimum atomic E-state index is -1.12. The zero-order valence-corrected chi connectivity index (χ0v) is 17.2. The second-order valence-electron chi connectivity index (χ2n) is 6.77. The minimum absolute atomic E-state index is 0.0314. The average Bonchev–Trinajstić information content (AvgIpc) is 3.29. The maximum Gasteiger partial charge on any atom is 0.244 e. The van der Waals surface area contributed by atoms with Crippen molar-refractivity contribution in [3.8, 4) is 6.07 Å². The number of nitrogens with zero attached hydrogens (tertiary/aromatic N) is 2. The van der Waals surface area contributed by atoms with Crippen LogP contribution in [0.3, 0.4) is 0 Å². The number of allylic oxidation sites excluding steroid dienone is 1. The molecule has 2 N–H and O–H groups in total. The van der Waals surface area contributed by atoms with Gasteiger partial charge in [0.25, 0.3) is 0 Å². The van der Waals surface area contributed by atoms with Crippen LogP contribution in [0.25, 0.3) is 0 Å². The Morgan fingerprint density at radius 1 is 1.07 bits per heavy atom. The summed E-state index contributed by atoms with van der Waals surface area (Å²) in [6, 6.07) is 21.1. The van der Waals surface area contributed by atoms with Crippen molar-refractivity contribution in [1.29, 1.82) is 5.26 Å². The predicted octanol–water partition coefficient (Wildman–Crippen LogP) is 4.72. The van der Waals surface area contributed by atoms with E-state index >= 15 is 0 Å². The Kier molecular flexibility index (Phi) is 5.40. The molecule has 2 atom stereocenters. The molecule has 1 aliphatic rings. The minimum Gasteiger partial charge on any atom is -0.384 e. The fourth-order valence-electron chi connectivity index (χ4n) is 3.68. The summed E-state index contributed by atoms with van der Waals surface area (Å²) >= 11 is 7.28. The Bertz CT molecular complexity index is 1170. The molecule has 30 heavy (non-hydrogen) atoms. The van der Waals surface area contributed by atoms with E-state index in [4.69, 9.17) is 17.3 Å². The Morgan fingerprint density at radius 2 is 1.77 bits per heavy atom. The van der Waals surface area contributed by atoms with E-state index in [0.717, 1.165) is 0 Å². The number of hydrogen-bond acceptors (Lipinski definition) is 5. The molecule has 4 rings (SSSR count). The molecule has 1 aromatic heterocycles. The van der Waals surface area contributed by atoms with Crippen LogP contribution in [0, 0.1) is 17.2 Å². The average molecular weight is 434 g/mol. The smallest absolute Gasteiger partial charge is 0.244 e. The lowest BCUT2D eigenvalue weighted by atomic mass is 9.75. The van der Waals surface area contributed by atoms with Crippen LogP contribution in [0.15, 0.2) is 83.5 Å². The number of nitrogens with two attached hydrogens (primary N) is 1. The van der Waals surface area contributed by atoms with Crippen molar-refractivity contribution < 1.29 is 9.59 Å². The number of thiophene rings is 1. The lowest BCUT2D eigenvalue weighted by Crippen LogP contribution is -2.49. The first kappa shape index (κ1) is 19.9. The Balaban J connectivity index is 1.94. The molecule has 0 saturated carbocycles. The van der Waals surface area contributed by atoms with Crippen molar-refractivity contribution in [1.82, 2.24) is 0 Å². The van der Waals surface area contributed by atoms with E-state index in [1.54, 1.807) is 66.0 Å². The van der Waals surface area contributed by atoms with E-state index in [1.165, 1.54) is 16.2 Å². The second-order valence-corrected chi connectivity index (χ2v) is 8.15. The number of halogens is 1. The zero-order chi connectivity index (χ0) is 21.3. The van der Waals surface area contributed by atoms with E-state index < -0.39 is 17.7 Å². The fourth-order valence-corrected chi connectivity index (χ4v) is 4.51. The van der Waals surface area contributed by atoms with E-state index in [2.05, 4.69) is 6.07 Å². The van der Waals surface area contributed by atoms with Crippen molar-refractivity contribution in [2.24, 2.45) is 11.7 Å². The summed E-state index contributed by atoms with van der Waals surface area (Å²) in [5, 5.41) is 12.3. The second kappa shape index (κ2) is 8.15. The summed E-state index contributed by atoms with van der Waals surface area (Å²) in [5.41, 5.74) is 7.64. The number of rotatable bonds is 4. The molecule has 0 saturated heterocycles. The van der Waals surface area contributed by atoms with Gasteiger partial charge in [-0.15, -0.1) is 11.3 Å². The predicted molar refractivity (Wildman–Crippen MR) is 117 cm³/mol. The molecule has 3 aromatic rings. The number of nitriles is 1. The number of amides is 1. The molecule has 2 aromatic carbocycles. The van der Waals surface area contributed by atoms with Crippen LogP contribution in [-0.4, -0.2) is 11.7 Å². The van der Waals surface area contributed by atoms with Crippen molar-refractivity contribution in [3.05, 3.63) is 99.0 Å². The lowest BCUT2D eigenvalue weighted by Gasteiger charge is -2.37. The van der Waals surface area contributed by atoms with Gasteiger partial charge in [-0.3, -0.25) is 14.5 Å². The summed E-state index contributed by atoms with van der Waals surface area (Å²) in [5.74, 6) is -2.68. The third-order valence-corrected chi connectivity index (χ3v) is 6.19. The SMILES string of the molecule is N#CC1=C(N)N(c2ccccc2)C(=O)C(C(=O)c2cccs2)C1c1ccc(Cl)cc1. The van der Waals surface area contributed by atoms with Gasteiger partial charge in [0.2, 0.25) is 5.91 Å². The van der Waals surface area contributed by atoms with Gasteiger partial charge in [0.15, 0.2) is 5.78 Å². The Morgan fingerprint density at radius 3 is 2.37 bits per heavy atom. The van der Waals surface area contributed by atoms with Gasteiger partial charge in [-0.25, -0.2) is 0 Å². The van der Waals surface area contributed by atoms with E-state index in [1.807, 2.05) is 6.07 Å². The van der Waals surface area contributed by atoms with E-state index in [-0.39, 0.29) is 17.2 Å².